The van der Waals surface area contributed by atoms with Crippen LogP contribution >= 0.6 is 11.8 Å². The summed E-state index contributed by atoms with van der Waals surface area (Å²) < 4.78 is 27.3. The van der Waals surface area contributed by atoms with Crippen molar-refractivity contribution < 1.29 is 8.42 Å². The zero-order valence-corrected chi connectivity index (χ0v) is 12.1. The van der Waals surface area contributed by atoms with E-state index in [0.29, 0.717) is 10.1 Å². The summed E-state index contributed by atoms with van der Waals surface area (Å²) in [5.74, 6) is 1.04. The van der Waals surface area contributed by atoms with E-state index in [1.807, 2.05) is 17.8 Å². The predicted molar refractivity (Wildman–Crippen MR) is 76.3 cm³/mol. The van der Waals surface area contributed by atoms with E-state index >= 15 is 0 Å². The molecule has 1 saturated carbocycles. The quantitative estimate of drug-likeness (QED) is 0.904. The molecule has 100 valence electrons. The molecule has 0 spiro atoms. The Labute approximate surface area is 113 Å². The van der Waals surface area contributed by atoms with Crippen LogP contribution in [0.1, 0.15) is 26.2 Å². The van der Waals surface area contributed by atoms with Crippen molar-refractivity contribution in [1.29, 1.82) is 0 Å². The second-order valence-electron chi connectivity index (χ2n) is 4.47. The standard InChI is InChI=1S/C13H19NO2S2/c1-2-17-13-10-6-9-12(13)14-18(15,16)11-7-4-3-5-8-11/h3-5,7-8,12-14H,2,6,9-10H2,1H3. The van der Waals surface area contributed by atoms with Gasteiger partial charge in [-0.25, -0.2) is 13.1 Å². The largest absolute Gasteiger partial charge is 0.240 e. The Morgan fingerprint density at radius 2 is 2.00 bits per heavy atom. The zero-order chi connectivity index (χ0) is 13.0. The lowest BCUT2D eigenvalue weighted by Crippen LogP contribution is -2.38. The minimum absolute atomic E-state index is 0.0835. The first-order chi connectivity index (χ1) is 8.63. The van der Waals surface area contributed by atoms with Crippen molar-refractivity contribution in [2.75, 3.05) is 5.75 Å². The van der Waals surface area contributed by atoms with Gasteiger partial charge in [-0.15, -0.1) is 0 Å². The van der Waals surface area contributed by atoms with Crippen LogP contribution in [0.2, 0.25) is 0 Å². The number of nitrogens with one attached hydrogen (secondary N) is 1. The lowest BCUT2D eigenvalue weighted by atomic mass is 10.3. The molecule has 2 unspecified atom stereocenters. The number of thioether (sulfide) groups is 1. The third-order valence-electron chi connectivity index (χ3n) is 3.19. The van der Waals surface area contributed by atoms with Crippen LogP contribution in [-0.4, -0.2) is 25.5 Å². The van der Waals surface area contributed by atoms with E-state index in [1.165, 1.54) is 0 Å². The van der Waals surface area contributed by atoms with Gasteiger partial charge in [0.05, 0.1) is 4.90 Å². The molecule has 1 aliphatic carbocycles. The van der Waals surface area contributed by atoms with E-state index in [0.717, 1.165) is 25.0 Å². The Balaban J connectivity index is 2.09. The van der Waals surface area contributed by atoms with Gasteiger partial charge in [0.1, 0.15) is 0 Å². The minimum Gasteiger partial charge on any atom is -0.207 e. The monoisotopic (exact) mass is 285 g/mol. The second kappa shape index (κ2) is 6.08. The molecule has 0 bridgehead atoms. The molecule has 2 rings (SSSR count). The van der Waals surface area contributed by atoms with E-state index in [2.05, 4.69) is 11.6 Å². The normalized spacial score (nSPS) is 24.3. The maximum atomic E-state index is 12.2. The van der Waals surface area contributed by atoms with Gasteiger partial charge in [-0.3, -0.25) is 0 Å². The highest BCUT2D eigenvalue weighted by atomic mass is 32.2. The maximum Gasteiger partial charge on any atom is 0.240 e. The Morgan fingerprint density at radius 3 is 2.67 bits per heavy atom. The Bertz CT molecular complexity index is 473. The number of hydrogen-bond acceptors (Lipinski definition) is 3. The van der Waals surface area contributed by atoms with Crippen LogP contribution in [0.3, 0.4) is 0 Å². The minimum atomic E-state index is -3.36. The van der Waals surface area contributed by atoms with Gasteiger partial charge < -0.3 is 0 Å². The molecule has 1 aromatic carbocycles. The molecular formula is C13H19NO2S2. The van der Waals surface area contributed by atoms with Gasteiger partial charge in [0.25, 0.3) is 0 Å². The molecule has 5 heteroatoms. The lowest BCUT2D eigenvalue weighted by Gasteiger charge is -2.20. The van der Waals surface area contributed by atoms with Crippen molar-refractivity contribution in [1.82, 2.24) is 4.72 Å². The first kappa shape index (κ1) is 13.9. The van der Waals surface area contributed by atoms with Crippen molar-refractivity contribution >= 4 is 21.8 Å². The fourth-order valence-electron chi connectivity index (χ4n) is 2.34. The number of benzene rings is 1. The Hall–Kier alpha value is -0.520. The topological polar surface area (TPSA) is 46.2 Å². The third-order valence-corrected chi connectivity index (χ3v) is 6.02. The van der Waals surface area contributed by atoms with Crippen molar-refractivity contribution in [2.24, 2.45) is 0 Å². The van der Waals surface area contributed by atoms with Crippen molar-refractivity contribution in [3.63, 3.8) is 0 Å². The van der Waals surface area contributed by atoms with Gasteiger partial charge in [0.2, 0.25) is 10.0 Å². The SMILES string of the molecule is CCSC1CCCC1NS(=O)(=O)c1ccccc1. The average Bonchev–Trinajstić information content (AvgIpc) is 2.78. The summed E-state index contributed by atoms with van der Waals surface area (Å²) >= 11 is 1.86. The average molecular weight is 285 g/mol. The molecule has 0 heterocycles. The molecule has 1 N–H and O–H groups in total. The fraction of sp³-hybridized carbons (Fsp3) is 0.538. The van der Waals surface area contributed by atoms with Crippen LogP contribution in [0, 0.1) is 0 Å². The molecule has 18 heavy (non-hydrogen) atoms. The molecule has 0 saturated heterocycles. The summed E-state index contributed by atoms with van der Waals surface area (Å²) in [5, 5.41) is 0.425. The summed E-state index contributed by atoms with van der Waals surface area (Å²) in [6.45, 7) is 2.12. The summed E-state index contributed by atoms with van der Waals surface area (Å²) in [6.07, 6.45) is 3.17. The molecule has 1 aliphatic rings. The van der Waals surface area contributed by atoms with Crippen LogP contribution in [-0.2, 0) is 10.0 Å². The van der Waals surface area contributed by atoms with Gasteiger partial charge >= 0.3 is 0 Å². The van der Waals surface area contributed by atoms with Crippen molar-refractivity contribution in [3.8, 4) is 0 Å². The van der Waals surface area contributed by atoms with Crippen LogP contribution in [0.15, 0.2) is 35.2 Å². The Morgan fingerprint density at radius 1 is 1.28 bits per heavy atom. The molecule has 1 fully saturated rings. The molecule has 0 amide bonds. The molecule has 0 aliphatic heterocycles. The molecule has 2 atom stereocenters. The van der Waals surface area contributed by atoms with Gasteiger partial charge in [-0.1, -0.05) is 31.5 Å². The highest BCUT2D eigenvalue weighted by Gasteiger charge is 2.31. The van der Waals surface area contributed by atoms with Crippen LogP contribution in [0.25, 0.3) is 0 Å². The van der Waals surface area contributed by atoms with E-state index in [9.17, 15) is 8.42 Å². The highest BCUT2D eigenvalue weighted by Crippen LogP contribution is 2.30. The third kappa shape index (κ3) is 3.28. The Kier molecular flexibility index (Phi) is 4.70. The molecular weight excluding hydrogens is 266 g/mol. The van der Waals surface area contributed by atoms with E-state index in [4.69, 9.17) is 0 Å². The summed E-state index contributed by atoms with van der Waals surface area (Å²) in [4.78, 5) is 0.358. The zero-order valence-electron chi connectivity index (χ0n) is 10.5. The maximum absolute atomic E-state index is 12.2. The number of rotatable bonds is 5. The summed E-state index contributed by atoms with van der Waals surface area (Å²) in [6, 6.07) is 8.69. The number of sulfonamides is 1. The van der Waals surface area contributed by atoms with Gasteiger partial charge in [-0.05, 0) is 30.7 Å². The fourth-order valence-corrected chi connectivity index (χ4v) is 4.96. The molecule has 3 nitrogen and oxygen atoms in total. The van der Waals surface area contributed by atoms with Crippen molar-refractivity contribution in [3.05, 3.63) is 30.3 Å². The highest BCUT2D eigenvalue weighted by molar-refractivity contribution is 8.00. The van der Waals surface area contributed by atoms with E-state index in [-0.39, 0.29) is 6.04 Å². The van der Waals surface area contributed by atoms with Gasteiger partial charge in [0, 0.05) is 11.3 Å². The molecule has 0 aromatic heterocycles. The number of hydrogen-bond donors (Lipinski definition) is 1. The predicted octanol–water partition coefficient (Wildman–Crippen LogP) is 2.64. The van der Waals surface area contributed by atoms with Crippen LogP contribution < -0.4 is 4.72 Å². The first-order valence-electron chi connectivity index (χ1n) is 6.32. The van der Waals surface area contributed by atoms with E-state index < -0.39 is 10.0 Å². The van der Waals surface area contributed by atoms with Crippen molar-refractivity contribution in [2.45, 2.75) is 42.4 Å². The lowest BCUT2D eigenvalue weighted by molar-refractivity contribution is 0.555. The molecule has 0 radical (unpaired) electrons. The summed E-state index contributed by atoms with van der Waals surface area (Å²) in [7, 11) is -3.36. The molecule has 1 aromatic rings. The smallest absolute Gasteiger partial charge is 0.207 e. The van der Waals surface area contributed by atoms with Gasteiger partial charge in [-0.2, -0.15) is 11.8 Å². The van der Waals surface area contributed by atoms with Crippen LogP contribution in [0.5, 0.6) is 0 Å². The first-order valence-corrected chi connectivity index (χ1v) is 8.85. The van der Waals surface area contributed by atoms with Gasteiger partial charge in [0.15, 0.2) is 0 Å². The summed E-state index contributed by atoms with van der Waals surface area (Å²) in [5.41, 5.74) is 0. The van der Waals surface area contributed by atoms with Crippen LogP contribution in [0.4, 0.5) is 0 Å². The van der Waals surface area contributed by atoms with E-state index in [1.54, 1.807) is 24.3 Å². The second-order valence-corrected chi connectivity index (χ2v) is 7.70.